The van der Waals surface area contributed by atoms with E-state index in [0.717, 1.165) is 55.6 Å². The molecule has 0 heterocycles. The number of allylic oxidation sites excluding steroid dienone is 2. The second-order valence-electron chi connectivity index (χ2n) is 7.63. The van der Waals surface area contributed by atoms with E-state index in [4.69, 9.17) is 9.88 Å². The summed E-state index contributed by atoms with van der Waals surface area (Å²) >= 11 is 0. The van der Waals surface area contributed by atoms with Crippen LogP contribution in [0.4, 0.5) is 0 Å². The lowest BCUT2D eigenvalue weighted by molar-refractivity contribution is 0.301. The average Bonchev–Trinajstić information content (AvgIpc) is 2.64. The van der Waals surface area contributed by atoms with Gasteiger partial charge in [0, 0.05) is 13.1 Å². The predicted octanol–water partition coefficient (Wildman–Crippen LogP) is 4.49. The SMILES string of the molecule is CCCCN(CCCC)C1=C(Oc2ccc(C)cc2)C(S(N)(=O)=O)CC(C)=C1. The fourth-order valence-electron chi connectivity index (χ4n) is 3.33. The molecule has 0 aliphatic heterocycles. The molecule has 1 aromatic carbocycles. The highest BCUT2D eigenvalue weighted by molar-refractivity contribution is 7.90. The summed E-state index contributed by atoms with van der Waals surface area (Å²) in [5.74, 6) is 1.08. The van der Waals surface area contributed by atoms with Gasteiger partial charge in [0.2, 0.25) is 10.0 Å². The third-order valence-corrected chi connectivity index (χ3v) is 6.16. The van der Waals surface area contributed by atoms with Crippen LogP contribution in [-0.4, -0.2) is 31.7 Å². The highest BCUT2D eigenvalue weighted by atomic mass is 32.2. The molecule has 0 fully saturated rings. The maximum Gasteiger partial charge on any atom is 0.219 e. The molecule has 0 aromatic heterocycles. The number of nitrogens with two attached hydrogens (primary N) is 1. The highest BCUT2D eigenvalue weighted by Crippen LogP contribution is 2.32. The molecule has 156 valence electrons. The molecule has 0 saturated carbocycles. The molecule has 0 spiro atoms. The maximum absolute atomic E-state index is 12.4. The Kier molecular flexibility index (Phi) is 8.13. The van der Waals surface area contributed by atoms with Gasteiger partial charge in [-0.1, -0.05) is 50.0 Å². The average molecular weight is 407 g/mol. The first-order valence-corrected chi connectivity index (χ1v) is 11.8. The molecule has 6 heteroatoms. The Balaban J connectivity index is 2.53. The van der Waals surface area contributed by atoms with Gasteiger partial charge in [-0.15, -0.1) is 0 Å². The van der Waals surface area contributed by atoms with E-state index in [1.54, 1.807) is 0 Å². The zero-order valence-corrected chi connectivity index (χ0v) is 18.4. The monoisotopic (exact) mass is 406 g/mol. The van der Waals surface area contributed by atoms with E-state index in [2.05, 4.69) is 24.8 Å². The molecule has 0 radical (unpaired) electrons. The number of benzene rings is 1. The van der Waals surface area contributed by atoms with Crippen molar-refractivity contribution in [1.29, 1.82) is 0 Å². The quantitative estimate of drug-likeness (QED) is 0.621. The van der Waals surface area contributed by atoms with Crippen LogP contribution in [0.25, 0.3) is 0 Å². The van der Waals surface area contributed by atoms with E-state index in [1.165, 1.54) is 0 Å². The van der Waals surface area contributed by atoms with Crippen molar-refractivity contribution >= 4 is 10.0 Å². The summed E-state index contributed by atoms with van der Waals surface area (Å²) in [5, 5.41) is 4.75. The van der Waals surface area contributed by atoms with Crippen molar-refractivity contribution in [3.8, 4) is 5.75 Å². The second-order valence-corrected chi connectivity index (χ2v) is 9.38. The second kappa shape index (κ2) is 10.1. The molecule has 0 saturated heterocycles. The Morgan fingerprint density at radius 2 is 1.64 bits per heavy atom. The lowest BCUT2D eigenvalue weighted by Crippen LogP contribution is -2.38. The molecular formula is C22H34N2O3S. The summed E-state index contributed by atoms with van der Waals surface area (Å²) in [5.41, 5.74) is 2.98. The van der Waals surface area contributed by atoms with Crippen LogP contribution in [0.2, 0.25) is 0 Å². The standard InChI is InChI=1S/C22H34N2O3S/c1-5-7-13-24(14-8-6-2)20-15-18(4)16-21(28(23,25)26)22(20)27-19-11-9-17(3)10-12-19/h9-12,15,21H,5-8,13-14,16H2,1-4H3,(H2,23,25,26). The summed E-state index contributed by atoms with van der Waals surface area (Å²) in [4.78, 5) is 2.26. The molecule has 28 heavy (non-hydrogen) atoms. The van der Waals surface area contributed by atoms with Gasteiger partial charge in [0.25, 0.3) is 0 Å². The van der Waals surface area contributed by atoms with Crippen LogP contribution in [0, 0.1) is 6.92 Å². The van der Waals surface area contributed by atoms with Crippen LogP contribution in [0.5, 0.6) is 5.75 Å². The zero-order valence-electron chi connectivity index (χ0n) is 17.6. The van der Waals surface area contributed by atoms with Crippen LogP contribution in [-0.2, 0) is 10.0 Å². The Morgan fingerprint density at radius 3 is 2.14 bits per heavy atom. The smallest absolute Gasteiger partial charge is 0.219 e. The molecule has 2 rings (SSSR count). The summed E-state index contributed by atoms with van der Waals surface area (Å²) < 4.78 is 31.0. The van der Waals surface area contributed by atoms with Gasteiger partial charge in [0.15, 0.2) is 0 Å². The minimum atomic E-state index is -3.79. The number of rotatable bonds is 10. The van der Waals surface area contributed by atoms with E-state index in [0.29, 0.717) is 17.9 Å². The Hall–Kier alpha value is -1.79. The Bertz CT molecular complexity index is 803. The summed E-state index contributed by atoms with van der Waals surface area (Å²) in [7, 11) is -3.79. The van der Waals surface area contributed by atoms with Gasteiger partial charge in [-0.25, -0.2) is 13.6 Å². The predicted molar refractivity (Wildman–Crippen MR) is 115 cm³/mol. The lowest BCUT2D eigenvalue weighted by Gasteiger charge is -2.33. The largest absolute Gasteiger partial charge is 0.458 e. The summed E-state index contributed by atoms with van der Waals surface area (Å²) in [6.07, 6.45) is 6.65. The first kappa shape index (κ1) is 22.5. The van der Waals surface area contributed by atoms with Crippen molar-refractivity contribution < 1.29 is 13.2 Å². The minimum absolute atomic E-state index is 0.360. The minimum Gasteiger partial charge on any atom is -0.458 e. The third kappa shape index (κ3) is 6.11. The van der Waals surface area contributed by atoms with E-state index in [1.807, 2.05) is 38.1 Å². The number of hydrogen-bond acceptors (Lipinski definition) is 4. The first-order chi connectivity index (χ1) is 13.3. The first-order valence-electron chi connectivity index (χ1n) is 10.2. The van der Waals surface area contributed by atoms with Crippen LogP contribution < -0.4 is 9.88 Å². The van der Waals surface area contributed by atoms with Crippen LogP contribution in [0.3, 0.4) is 0 Å². The molecule has 2 N–H and O–H groups in total. The molecule has 1 aliphatic carbocycles. The molecule has 0 amide bonds. The topological polar surface area (TPSA) is 72.6 Å². The van der Waals surface area contributed by atoms with E-state index >= 15 is 0 Å². The van der Waals surface area contributed by atoms with Crippen LogP contribution in [0.15, 0.2) is 47.4 Å². The van der Waals surface area contributed by atoms with Crippen molar-refractivity contribution in [2.75, 3.05) is 13.1 Å². The summed E-state index contributed by atoms with van der Waals surface area (Å²) in [6.45, 7) is 10.0. The zero-order chi connectivity index (χ0) is 20.7. The fourth-order valence-corrected chi connectivity index (χ4v) is 4.29. The number of primary sulfonamides is 1. The van der Waals surface area contributed by atoms with E-state index < -0.39 is 15.3 Å². The Morgan fingerprint density at radius 1 is 1.07 bits per heavy atom. The molecule has 1 aromatic rings. The van der Waals surface area contributed by atoms with Gasteiger partial charge >= 0.3 is 0 Å². The van der Waals surface area contributed by atoms with Crippen LogP contribution in [0.1, 0.15) is 58.4 Å². The number of unbranched alkanes of at least 4 members (excludes halogenated alkanes) is 2. The highest BCUT2D eigenvalue weighted by Gasteiger charge is 2.35. The normalized spacial score (nSPS) is 17.5. The van der Waals surface area contributed by atoms with Crippen molar-refractivity contribution in [1.82, 2.24) is 4.90 Å². The number of nitrogens with zero attached hydrogens (tertiary/aromatic N) is 1. The van der Waals surface area contributed by atoms with Gasteiger partial charge in [-0.3, -0.25) is 0 Å². The van der Waals surface area contributed by atoms with Gasteiger partial charge in [-0.2, -0.15) is 0 Å². The maximum atomic E-state index is 12.4. The number of sulfonamides is 1. The van der Waals surface area contributed by atoms with Gasteiger partial charge in [0.1, 0.15) is 16.8 Å². The van der Waals surface area contributed by atoms with E-state index in [9.17, 15) is 8.42 Å². The fraction of sp³-hybridized carbons (Fsp3) is 0.545. The number of aryl methyl sites for hydroxylation is 1. The van der Waals surface area contributed by atoms with E-state index in [-0.39, 0.29) is 0 Å². The molecule has 5 nitrogen and oxygen atoms in total. The molecular weight excluding hydrogens is 372 g/mol. The lowest BCUT2D eigenvalue weighted by atomic mass is 10.0. The van der Waals surface area contributed by atoms with Crippen LogP contribution >= 0.6 is 0 Å². The van der Waals surface area contributed by atoms with Gasteiger partial charge in [0.05, 0.1) is 5.70 Å². The van der Waals surface area contributed by atoms with Crippen molar-refractivity contribution in [2.45, 2.75) is 65.0 Å². The third-order valence-electron chi connectivity index (χ3n) is 4.98. The van der Waals surface area contributed by atoms with Crippen molar-refractivity contribution in [2.24, 2.45) is 5.14 Å². The Labute approximate surface area is 170 Å². The van der Waals surface area contributed by atoms with Crippen molar-refractivity contribution in [3.63, 3.8) is 0 Å². The van der Waals surface area contributed by atoms with Crippen molar-refractivity contribution in [3.05, 3.63) is 52.9 Å². The number of hydrogen-bond donors (Lipinski definition) is 1. The molecule has 0 bridgehead atoms. The molecule has 1 atom stereocenters. The molecule has 1 aliphatic rings. The number of ether oxygens (including phenoxy) is 1. The molecule has 1 unspecified atom stereocenters. The van der Waals surface area contributed by atoms with Gasteiger partial charge < -0.3 is 9.64 Å². The summed E-state index contributed by atoms with van der Waals surface area (Å²) in [6, 6.07) is 7.65. The van der Waals surface area contributed by atoms with Gasteiger partial charge in [-0.05, 0) is 51.3 Å².